The zero-order valence-electron chi connectivity index (χ0n) is 21.5. The van der Waals surface area contributed by atoms with Crippen LogP contribution in [0, 0.1) is 5.92 Å². The van der Waals surface area contributed by atoms with Crippen LogP contribution >= 0.6 is 0 Å². The number of nitrogen functional groups attached to an aromatic ring is 1. The van der Waals surface area contributed by atoms with Gasteiger partial charge >= 0.3 is 6.61 Å². The number of anilines is 2. The minimum atomic E-state index is -3.04. The van der Waals surface area contributed by atoms with Gasteiger partial charge in [0.2, 0.25) is 5.95 Å². The van der Waals surface area contributed by atoms with Crippen molar-refractivity contribution in [1.29, 1.82) is 0 Å². The molecule has 1 aliphatic heterocycles. The molecule has 2 aromatic heterocycles. The molecule has 5 rings (SSSR count). The molecule has 4 N–H and O–H groups in total. The van der Waals surface area contributed by atoms with Gasteiger partial charge in [0.15, 0.2) is 5.82 Å². The molecule has 3 heterocycles. The van der Waals surface area contributed by atoms with Gasteiger partial charge in [0.1, 0.15) is 16.8 Å². The number of piperidine rings is 1. The summed E-state index contributed by atoms with van der Waals surface area (Å²) in [6, 6.07) is 4.66. The summed E-state index contributed by atoms with van der Waals surface area (Å²) in [6.45, 7) is -0.365. The normalized spacial score (nSPS) is 17.4. The number of carbonyl (C=O) groups excluding carboxylic acids is 1. The number of likely N-dealkylation sites (tertiary alicyclic amines) is 1. The maximum Gasteiger partial charge on any atom is 0.387 e. The molecule has 0 unspecified atom stereocenters. The van der Waals surface area contributed by atoms with E-state index in [0.29, 0.717) is 28.3 Å². The molecule has 2 aliphatic rings. The molecule has 38 heavy (non-hydrogen) atoms. The summed E-state index contributed by atoms with van der Waals surface area (Å²) in [7, 11) is 2.04. The molecular weight excluding hydrogens is 494 g/mol. The van der Waals surface area contributed by atoms with Crippen LogP contribution in [0.5, 0.6) is 5.75 Å². The predicted molar refractivity (Wildman–Crippen MR) is 140 cm³/mol. The minimum absolute atomic E-state index is 0.0517. The van der Waals surface area contributed by atoms with E-state index in [1.807, 2.05) is 7.05 Å². The summed E-state index contributed by atoms with van der Waals surface area (Å²) in [4.78, 5) is 23.8. The number of alkyl halides is 2. The Bertz CT molecular complexity index is 1270. The monoisotopic (exact) mass is 528 g/mol. The van der Waals surface area contributed by atoms with E-state index in [-0.39, 0.29) is 35.8 Å². The Morgan fingerprint density at radius 3 is 2.68 bits per heavy atom. The quantitative estimate of drug-likeness (QED) is 0.386. The van der Waals surface area contributed by atoms with Crippen molar-refractivity contribution in [2.45, 2.75) is 57.7 Å². The van der Waals surface area contributed by atoms with Crippen LogP contribution in [0.4, 0.5) is 20.5 Å². The average molecular weight is 529 g/mol. The Labute approximate surface area is 219 Å². The Morgan fingerprint density at radius 1 is 1.18 bits per heavy atom. The SMILES string of the molecule is CN1CCC(NC(=O)c2ccc(Cn3ncc4nc(N)nc(NCC5CCCC5)c43)c(OC(F)F)c2)CC1. The third-order valence-electron chi connectivity index (χ3n) is 7.46. The lowest BCUT2D eigenvalue weighted by Gasteiger charge is -2.29. The topological polar surface area (TPSA) is 123 Å². The molecule has 12 heteroatoms. The van der Waals surface area contributed by atoms with Crippen molar-refractivity contribution < 1.29 is 18.3 Å². The first-order chi connectivity index (χ1) is 18.4. The van der Waals surface area contributed by atoms with E-state index in [1.165, 1.54) is 31.7 Å². The van der Waals surface area contributed by atoms with Crippen LogP contribution in [0.3, 0.4) is 0 Å². The minimum Gasteiger partial charge on any atom is -0.434 e. The number of ether oxygens (including phenoxy) is 1. The van der Waals surface area contributed by atoms with Crippen LogP contribution < -0.4 is 21.1 Å². The predicted octanol–water partition coefficient (Wildman–Crippen LogP) is 3.48. The highest BCUT2D eigenvalue weighted by Gasteiger charge is 2.22. The number of fused-ring (bicyclic) bond motifs is 1. The fraction of sp³-hybridized carbons (Fsp3) is 0.538. The number of benzene rings is 1. The summed E-state index contributed by atoms with van der Waals surface area (Å²) in [6.07, 6.45) is 8.05. The molecule has 0 radical (unpaired) electrons. The lowest BCUT2D eigenvalue weighted by atomic mass is 10.0. The van der Waals surface area contributed by atoms with Crippen molar-refractivity contribution in [3.8, 4) is 5.75 Å². The second kappa shape index (κ2) is 11.5. The van der Waals surface area contributed by atoms with Gasteiger partial charge in [-0.1, -0.05) is 18.9 Å². The number of hydrogen-bond donors (Lipinski definition) is 3. The molecule has 1 amide bonds. The molecule has 0 bridgehead atoms. The molecule has 0 atom stereocenters. The molecule has 1 saturated heterocycles. The molecule has 0 spiro atoms. The van der Waals surface area contributed by atoms with Crippen molar-refractivity contribution in [1.82, 2.24) is 30.0 Å². The Balaban J connectivity index is 1.38. The van der Waals surface area contributed by atoms with Gasteiger partial charge in [-0.15, -0.1) is 0 Å². The third-order valence-corrected chi connectivity index (χ3v) is 7.46. The van der Waals surface area contributed by atoms with Gasteiger partial charge < -0.3 is 26.0 Å². The summed E-state index contributed by atoms with van der Waals surface area (Å²) in [5.41, 5.74) is 7.82. The number of nitrogens with zero attached hydrogens (tertiary/aromatic N) is 5. The summed E-state index contributed by atoms with van der Waals surface area (Å²) in [5, 5.41) is 10.8. The first-order valence-electron chi connectivity index (χ1n) is 13.2. The lowest BCUT2D eigenvalue weighted by Crippen LogP contribution is -2.43. The van der Waals surface area contributed by atoms with Crippen molar-refractivity contribution in [2.75, 3.05) is 37.7 Å². The largest absolute Gasteiger partial charge is 0.434 e. The fourth-order valence-electron chi connectivity index (χ4n) is 5.33. The first kappa shape index (κ1) is 26.1. The molecule has 1 saturated carbocycles. The number of amides is 1. The van der Waals surface area contributed by atoms with Gasteiger partial charge in [-0.3, -0.25) is 9.48 Å². The van der Waals surface area contributed by atoms with Crippen molar-refractivity contribution >= 4 is 28.7 Å². The highest BCUT2D eigenvalue weighted by Crippen LogP contribution is 2.29. The third kappa shape index (κ3) is 6.12. The van der Waals surface area contributed by atoms with Crippen LogP contribution in [0.25, 0.3) is 11.0 Å². The van der Waals surface area contributed by atoms with E-state index in [1.54, 1.807) is 23.0 Å². The highest BCUT2D eigenvalue weighted by atomic mass is 19.3. The van der Waals surface area contributed by atoms with E-state index < -0.39 is 6.61 Å². The van der Waals surface area contributed by atoms with Crippen molar-refractivity contribution in [3.63, 3.8) is 0 Å². The molecule has 1 aliphatic carbocycles. The smallest absolute Gasteiger partial charge is 0.387 e. The van der Waals surface area contributed by atoms with Crippen LogP contribution in [0.15, 0.2) is 24.4 Å². The van der Waals surface area contributed by atoms with E-state index in [2.05, 4.69) is 30.6 Å². The van der Waals surface area contributed by atoms with E-state index in [4.69, 9.17) is 10.5 Å². The number of carbonyl (C=O) groups is 1. The van der Waals surface area contributed by atoms with Crippen molar-refractivity contribution in [2.24, 2.45) is 5.92 Å². The van der Waals surface area contributed by atoms with Gasteiger partial charge in [0, 0.05) is 23.7 Å². The molecule has 10 nitrogen and oxygen atoms in total. The number of nitrogens with one attached hydrogen (secondary N) is 2. The van der Waals surface area contributed by atoms with Gasteiger partial charge in [0.05, 0.1) is 12.7 Å². The average Bonchev–Trinajstić information content (AvgIpc) is 3.55. The van der Waals surface area contributed by atoms with Crippen LogP contribution in [-0.4, -0.2) is 69.9 Å². The van der Waals surface area contributed by atoms with Crippen LogP contribution in [-0.2, 0) is 6.54 Å². The summed E-state index contributed by atoms with van der Waals surface area (Å²) in [5.74, 6) is 0.875. The molecular formula is C26H34F2N8O2. The van der Waals surface area contributed by atoms with E-state index in [0.717, 1.165) is 32.5 Å². The number of rotatable bonds is 9. The maximum atomic E-state index is 13.3. The fourth-order valence-corrected chi connectivity index (χ4v) is 5.33. The van der Waals surface area contributed by atoms with Gasteiger partial charge in [-0.05, 0) is 63.9 Å². The molecule has 204 valence electrons. The summed E-state index contributed by atoms with van der Waals surface area (Å²) >= 11 is 0. The van der Waals surface area contributed by atoms with Crippen LogP contribution in [0.1, 0.15) is 54.4 Å². The highest BCUT2D eigenvalue weighted by molar-refractivity contribution is 5.95. The van der Waals surface area contributed by atoms with Gasteiger partial charge in [-0.25, -0.2) is 4.98 Å². The molecule has 1 aromatic carbocycles. The Kier molecular flexibility index (Phi) is 7.87. The number of aromatic nitrogens is 4. The van der Waals surface area contributed by atoms with Gasteiger partial charge in [-0.2, -0.15) is 18.9 Å². The Hall–Kier alpha value is -3.54. The lowest BCUT2D eigenvalue weighted by molar-refractivity contribution is -0.0505. The zero-order chi connectivity index (χ0) is 26.6. The second-order valence-corrected chi connectivity index (χ2v) is 10.2. The standard InChI is InChI=1S/C26H34F2N8O2/c1-35-10-8-19(9-11-35)32-24(37)17-6-7-18(21(12-17)38-25(27)28)15-36-22-20(14-31-36)33-26(29)34-23(22)30-13-16-4-2-3-5-16/h6-7,12,14,16,19,25H,2-5,8-11,13,15H2,1H3,(H,32,37)(H3,29,30,33,34). The second-order valence-electron chi connectivity index (χ2n) is 10.2. The molecule has 2 fully saturated rings. The maximum absolute atomic E-state index is 13.3. The van der Waals surface area contributed by atoms with Crippen molar-refractivity contribution in [3.05, 3.63) is 35.5 Å². The van der Waals surface area contributed by atoms with Crippen LogP contribution in [0.2, 0.25) is 0 Å². The summed E-state index contributed by atoms with van der Waals surface area (Å²) < 4.78 is 33.1. The van der Waals surface area contributed by atoms with E-state index >= 15 is 0 Å². The zero-order valence-corrected chi connectivity index (χ0v) is 21.5. The number of nitrogens with two attached hydrogens (primary N) is 1. The van der Waals surface area contributed by atoms with E-state index in [9.17, 15) is 13.6 Å². The Morgan fingerprint density at radius 2 is 1.95 bits per heavy atom. The molecule has 3 aromatic rings. The van der Waals surface area contributed by atoms with Gasteiger partial charge in [0.25, 0.3) is 5.91 Å². The first-order valence-corrected chi connectivity index (χ1v) is 13.2. The number of halogens is 2. The number of hydrogen-bond acceptors (Lipinski definition) is 8.